The van der Waals surface area contributed by atoms with Crippen molar-refractivity contribution in [2.24, 2.45) is 0 Å². The van der Waals surface area contributed by atoms with Crippen LogP contribution in [0.3, 0.4) is 0 Å². The third-order valence-corrected chi connectivity index (χ3v) is 2.55. The Morgan fingerprint density at radius 1 is 1.31 bits per heavy atom. The van der Waals surface area contributed by atoms with Crippen LogP contribution in [0.25, 0.3) is 0 Å². The molecule has 0 fully saturated rings. The number of carboxylic acids is 1. The summed E-state index contributed by atoms with van der Waals surface area (Å²) in [5.41, 5.74) is 0. The van der Waals surface area contributed by atoms with E-state index in [0.29, 0.717) is 13.0 Å². The molecule has 1 rings (SSSR count). The van der Waals surface area contributed by atoms with Gasteiger partial charge in [0.1, 0.15) is 6.23 Å². The summed E-state index contributed by atoms with van der Waals surface area (Å²) in [6.07, 6.45) is 5.44. The summed E-state index contributed by atoms with van der Waals surface area (Å²) in [6, 6.07) is 0. The summed E-state index contributed by atoms with van der Waals surface area (Å²) in [5, 5.41) is 17.8. The molecule has 1 heterocycles. The number of carboxylic acid groups (broad SMARTS) is 1. The first-order chi connectivity index (χ1) is 7.61. The fourth-order valence-electron chi connectivity index (χ4n) is 1.65. The van der Waals surface area contributed by atoms with Gasteiger partial charge in [-0.05, 0) is 18.9 Å². The summed E-state index contributed by atoms with van der Waals surface area (Å²) < 4.78 is 0. The van der Waals surface area contributed by atoms with Crippen molar-refractivity contribution < 1.29 is 19.8 Å². The molecule has 0 saturated heterocycles. The van der Waals surface area contributed by atoms with Crippen LogP contribution in [0, 0.1) is 0 Å². The van der Waals surface area contributed by atoms with Gasteiger partial charge < -0.3 is 15.1 Å². The number of amides is 1. The molecule has 0 aliphatic carbocycles. The van der Waals surface area contributed by atoms with Crippen molar-refractivity contribution >= 4 is 11.9 Å². The van der Waals surface area contributed by atoms with Gasteiger partial charge in [-0.1, -0.05) is 12.8 Å². The maximum absolute atomic E-state index is 11.2. The Morgan fingerprint density at radius 3 is 2.56 bits per heavy atom. The van der Waals surface area contributed by atoms with Gasteiger partial charge in [-0.25, -0.2) is 0 Å². The van der Waals surface area contributed by atoms with Gasteiger partial charge in [-0.2, -0.15) is 0 Å². The standard InChI is InChI=1S/C11H17NO4/c13-9-6-7-10(14)12(9)8-4-2-1-3-5-11(15)16/h6-7,9,13H,1-5,8H2,(H,15,16). The monoisotopic (exact) mass is 227 g/mol. The minimum absolute atomic E-state index is 0.155. The summed E-state index contributed by atoms with van der Waals surface area (Å²) in [7, 11) is 0. The lowest BCUT2D eigenvalue weighted by Gasteiger charge is -2.19. The summed E-state index contributed by atoms with van der Waals surface area (Å²) in [5.74, 6) is -0.924. The number of unbranched alkanes of at least 4 members (excludes halogenated alkanes) is 3. The van der Waals surface area contributed by atoms with Gasteiger partial charge in [-0.3, -0.25) is 9.59 Å². The second-order valence-electron chi connectivity index (χ2n) is 3.86. The lowest BCUT2D eigenvalue weighted by Crippen LogP contribution is -2.34. The molecule has 2 N–H and O–H groups in total. The zero-order valence-electron chi connectivity index (χ0n) is 9.13. The van der Waals surface area contributed by atoms with Gasteiger partial charge in [0.05, 0.1) is 0 Å². The largest absolute Gasteiger partial charge is 0.481 e. The molecule has 0 aromatic carbocycles. The predicted molar refractivity (Wildman–Crippen MR) is 57.6 cm³/mol. The molecule has 0 radical (unpaired) electrons. The van der Waals surface area contributed by atoms with Crippen LogP contribution in [0.2, 0.25) is 0 Å². The Kier molecular flexibility index (Phi) is 4.98. The SMILES string of the molecule is O=C(O)CCCCCCN1C(=O)C=CC1O. The van der Waals surface area contributed by atoms with Crippen molar-refractivity contribution in [1.29, 1.82) is 0 Å². The first-order valence-corrected chi connectivity index (χ1v) is 5.50. The Morgan fingerprint density at radius 2 is 2.00 bits per heavy atom. The Hall–Kier alpha value is -1.36. The topological polar surface area (TPSA) is 77.8 Å². The smallest absolute Gasteiger partial charge is 0.303 e. The fourth-order valence-corrected chi connectivity index (χ4v) is 1.65. The molecule has 0 spiro atoms. The molecule has 0 bridgehead atoms. The van der Waals surface area contributed by atoms with E-state index in [1.54, 1.807) is 0 Å². The minimum Gasteiger partial charge on any atom is -0.481 e. The molecule has 1 aliphatic rings. The second kappa shape index (κ2) is 6.27. The molecule has 1 atom stereocenters. The van der Waals surface area contributed by atoms with Crippen LogP contribution in [0.4, 0.5) is 0 Å². The van der Waals surface area contributed by atoms with Crippen LogP contribution in [0.15, 0.2) is 12.2 Å². The minimum atomic E-state index is -0.786. The summed E-state index contributed by atoms with van der Waals surface area (Å²) in [4.78, 5) is 22.8. The first-order valence-electron chi connectivity index (χ1n) is 5.50. The van der Waals surface area contributed by atoms with E-state index in [2.05, 4.69) is 0 Å². The first kappa shape index (κ1) is 12.7. The van der Waals surface area contributed by atoms with Crippen LogP contribution in [0.1, 0.15) is 32.1 Å². The molecule has 1 amide bonds. The van der Waals surface area contributed by atoms with Crippen molar-refractivity contribution in [3.63, 3.8) is 0 Å². The maximum Gasteiger partial charge on any atom is 0.303 e. The Balaban J connectivity index is 2.03. The highest BCUT2D eigenvalue weighted by Gasteiger charge is 2.22. The lowest BCUT2D eigenvalue weighted by molar-refractivity contribution is -0.137. The number of nitrogens with zero attached hydrogens (tertiary/aromatic N) is 1. The predicted octanol–water partition coefficient (Wildman–Crippen LogP) is 0.738. The number of hydrogen-bond acceptors (Lipinski definition) is 3. The fraction of sp³-hybridized carbons (Fsp3) is 0.636. The van der Waals surface area contributed by atoms with E-state index in [4.69, 9.17) is 5.11 Å². The second-order valence-corrected chi connectivity index (χ2v) is 3.86. The summed E-state index contributed by atoms with van der Waals surface area (Å²) in [6.45, 7) is 0.528. The number of aliphatic hydroxyl groups excluding tert-OH is 1. The van der Waals surface area contributed by atoms with E-state index in [1.807, 2.05) is 0 Å². The molecule has 0 aromatic heterocycles. The van der Waals surface area contributed by atoms with Gasteiger partial charge in [-0.15, -0.1) is 0 Å². The average molecular weight is 227 g/mol. The van der Waals surface area contributed by atoms with E-state index >= 15 is 0 Å². The van der Waals surface area contributed by atoms with Gasteiger partial charge in [0, 0.05) is 19.0 Å². The maximum atomic E-state index is 11.2. The normalized spacial score (nSPS) is 19.4. The van der Waals surface area contributed by atoms with Crippen LogP contribution in [-0.4, -0.2) is 39.8 Å². The van der Waals surface area contributed by atoms with Gasteiger partial charge >= 0.3 is 5.97 Å². The molecule has 0 saturated carbocycles. The number of carbonyl (C=O) groups excluding carboxylic acids is 1. The van der Waals surface area contributed by atoms with E-state index < -0.39 is 12.2 Å². The van der Waals surface area contributed by atoms with Crippen molar-refractivity contribution in [1.82, 2.24) is 4.90 Å². The van der Waals surface area contributed by atoms with Crippen LogP contribution >= 0.6 is 0 Å². The molecule has 1 unspecified atom stereocenters. The third kappa shape index (κ3) is 4.02. The number of hydrogen-bond donors (Lipinski definition) is 2. The molecular formula is C11H17NO4. The van der Waals surface area contributed by atoms with Crippen molar-refractivity contribution in [3.05, 3.63) is 12.2 Å². The zero-order chi connectivity index (χ0) is 12.0. The van der Waals surface area contributed by atoms with Crippen LogP contribution < -0.4 is 0 Å². The molecule has 16 heavy (non-hydrogen) atoms. The average Bonchev–Trinajstić information content (AvgIpc) is 2.53. The molecule has 5 nitrogen and oxygen atoms in total. The number of rotatable bonds is 7. The van der Waals surface area contributed by atoms with Crippen molar-refractivity contribution in [3.8, 4) is 0 Å². The molecule has 0 aromatic rings. The molecule has 5 heteroatoms. The van der Waals surface area contributed by atoms with Crippen LogP contribution in [-0.2, 0) is 9.59 Å². The van der Waals surface area contributed by atoms with Crippen LogP contribution in [0.5, 0.6) is 0 Å². The molecule has 90 valence electrons. The quantitative estimate of drug-likeness (QED) is 0.629. The van der Waals surface area contributed by atoms with E-state index in [1.165, 1.54) is 17.1 Å². The highest BCUT2D eigenvalue weighted by Crippen LogP contribution is 2.11. The van der Waals surface area contributed by atoms with Gasteiger partial charge in [0.15, 0.2) is 0 Å². The highest BCUT2D eigenvalue weighted by molar-refractivity contribution is 5.90. The number of aliphatic hydroxyl groups is 1. The third-order valence-electron chi connectivity index (χ3n) is 2.55. The van der Waals surface area contributed by atoms with Gasteiger partial charge in [0.2, 0.25) is 5.91 Å². The Bertz CT molecular complexity index is 288. The van der Waals surface area contributed by atoms with Gasteiger partial charge in [0.25, 0.3) is 0 Å². The van der Waals surface area contributed by atoms with Crippen molar-refractivity contribution in [2.75, 3.05) is 6.54 Å². The molecular weight excluding hydrogens is 210 g/mol. The zero-order valence-corrected chi connectivity index (χ0v) is 9.13. The lowest BCUT2D eigenvalue weighted by atomic mass is 10.1. The van der Waals surface area contributed by atoms with E-state index in [0.717, 1.165) is 19.3 Å². The Labute approximate surface area is 94.4 Å². The number of carbonyl (C=O) groups is 2. The summed E-state index contributed by atoms with van der Waals surface area (Å²) >= 11 is 0. The number of aliphatic carboxylic acids is 1. The van der Waals surface area contributed by atoms with Crippen molar-refractivity contribution in [2.45, 2.75) is 38.3 Å². The van der Waals surface area contributed by atoms with E-state index in [-0.39, 0.29) is 12.3 Å². The highest BCUT2D eigenvalue weighted by atomic mass is 16.4. The van der Waals surface area contributed by atoms with E-state index in [9.17, 15) is 14.7 Å². The molecule has 1 aliphatic heterocycles.